The molecule has 2 aromatic heterocycles. The lowest BCUT2D eigenvalue weighted by Crippen LogP contribution is -2.52. The second-order valence-electron chi connectivity index (χ2n) is 10.7. The molecule has 1 saturated heterocycles. The Labute approximate surface area is 229 Å². The Bertz CT molecular complexity index is 1660. The summed E-state index contributed by atoms with van der Waals surface area (Å²) in [5.41, 5.74) is 2.15. The van der Waals surface area contributed by atoms with Gasteiger partial charge in [-0.2, -0.15) is 0 Å². The normalized spacial score (nSPS) is 17.9. The molecule has 0 bridgehead atoms. The van der Waals surface area contributed by atoms with E-state index in [0.29, 0.717) is 72.4 Å². The van der Waals surface area contributed by atoms with Crippen LogP contribution in [-0.4, -0.2) is 68.5 Å². The van der Waals surface area contributed by atoms with Gasteiger partial charge >= 0.3 is 0 Å². The molecule has 1 saturated carbocycles. The van der Waals surface area contributed by atoms with Gasteiger partial charge in [0, 0.05) is 54.7 Å². The minimum Gasteiger partial charge on any atom is -0.496 e. The van der Waals surface area contributed by atoms with Crippen LogP contribution in [0.1, 0.15) is 58.9 Å². The van der Waals surface area contributed by atoms with Gasteiger partial charge in [0.2, 0.25) is 12.4 Å². The molecule has 2 aliphatic heterocycles. The quantitative estimate of drug-likeness (QED) is 0.354. The van der Waals surface area contributed by atoms with E-state index in [1.54, 1.807) is 25.3 Å². The Morgan fingerprint density at radius 3 is 2.75 bits per heavy atom. The van der Waals surface area contributed by atoms with Crippen LogP contribution in [0, 0.1) is 0 Å². The maximum atomic E-state index is 13.6. The molecule has 3 aliphatic rings. The molecule has 204 valence electrons. The molecule has 0 radical (unpaired) electrons. The van der Waals surface area contributed by atoms with Crippen LogP contribution in [-0.2, 0) is 4.79 Å². The summed E-state index contributed by atoms with van der Waals surface area (Å²) in [7, 11) is 1.63. The second kappa shape index (κ2) is 9.22. The van der Waals surface area contributed by atoms with Crippen LogP contribution in [0.2, 0.25) is 0 Å². The van der Waals surface area contributed by atoms with Gasteiger partial charge in [0.15, 0.2) is 11.6 Å². The van der Waals surface area contributed by atoms with Gasteiger partial charge in [-0.25, -0.2) is 0 Å². The number of hydrogen-bond acceptors (Lipinski definition) is 7. The number of benzene rings is 2. The van der Waals surface area contributed by atoms with Gasteiger partial charge in [-0.15, -0.1) is 10.2 Å². The maximum Gasteiger partial charge on any atom is 0.254 e. The molecule has 2 fully saturated rings. The molecular weight excluding hydrogens is 512 g/mol. The summed E-state index contributed by atoms with van der Waals surface area (Å²) in [6.45, 7) is 0.988. The molecule has 1 spiro atoms. The average Bonchev–Trinajstić information content (AvgIpc) is 3.54. The van der Waals surface area contributed by atoms with Crippen molar-refractivity contribution in [1.82, 2.24) is 24.6 Å². The number of anilines is 1. The molecular formula is C29H28N6O5. The van der Waals surface area contributed by atoms with Crippen molar-refractivity contribution in [2.45, 2.75) is 43.7 Å². The highest BCUT2D eigenvalue weighted by Crippen LogP contribution is 2.42. The molecule has 1 aliphatic carbocycles. The molecule has 2 aromatic carbocycles. The number of ether oxygens (including phenoxy) is 2. The first-order chi connectivity index (χ1) is 19.5. The third-order valence-corrected chi connectivity index (χ3v) is 8.21. The number of carbonyl (C=O) groups excluding carboxylic acids is 3. The topological polar surface area (TPSA) is 131 Å². The van der Waals surface area contributed by atoms with Gasteiger partial charge in [-0.3, -0.25) is 19.7 Å². The van der Waals surface area contributed by atoms with E-state index in [0.717, 1.165) is 23.7 Å². The summed E-state index contributed by atoms with van der Waals surface area (Å²) in [5, 5.41) is 11.3. The number of aromatic amines is 1. The van der Waals surface area contributed by atoms with E-state index in [2.05, 4.69) is 37.3 Å². The van der Waals surface area contributed by atoms with E-state index in [4.69, 9.17) is 9.47 Å². The smallest absolute Gasteiger partial charge is 0.254 e. The number of carbonyl (C=O) groups is 3. The van der Waals surface area contributed by atoms with Crippen LogP contribution >= 0.6 is 0 Å². The summed E-state index contributed by atoms with van der Waals surface area (Å²) in [6, 6.07) is 11.7. The first kappa shape index (κ1) is 24.4. The average molecular weight is 541 g/mol. The lowest BCUT2D eigenvalue weighted by molar-refractivity contribution is -0.105. The molecule has 4 aromatic rings. The third-order valence-electron chi connectivity index (χ3n) is 8.21. The Morgan fingerprint density at radius 1 is 1.18 bits per heavy atom. The summed E-state index contributed by atoms with van der Waals surface area (Å²) in [6.07, 6.45) is 6.27. The van der Waals surface area contributed by atoms with E-state index < -0.39 is 5.60 Å². The largest absolute Gasteiger partial charge is 0.496 e. The summed E-state index contributed by atoms with van der Waals surface area (Å²) < 4.78 is 14.3. The van der Waals surface area contributed by atoms with Crippen LogP contribution in [0.15, 0.2) is 42.6 Å². The fraction of sp³-hybridized carbons (Fsp3) is 0.345. The molecule has 4 heterocycles. The van der Waals surface area contributed by atoms with Gasteiger partial charge in [0.25, 0.3) is 5.91 Å². The minimum absolute atomic E-state index is 0.00958. The van der Waals surface area contributed by atoms with Gasteiger partial charge in [0.1, 0.15) is 17.1 Å². The van der Waals surface area contributed by atoms with Crippen molar-refractivity contribution in [3.05, 3.63) is 53.7 Å². The van der Waals surface area contributed by atoms with Crippen molar-refractivity contribution in [2.24, 2.45) is 0 Å². The fourth-order valence-corrected chi connectivity index (χ4v) is 5.92. The van der Waals surface area contributed by atoms with Gasteiger partial charge in [-0.1, -0.05) is 0 Å². The highest BCUT2D eigenvalue weighted by molar-refractivity contribution is 6.02. The number of amides is 2. The number of Topliss-reactive ketones (excluding diaryl/α,β-unsaturated/α-hetero) is 1. The molecule has 11 heteroatoms. The highest BCUT2D eigenvalue weighted by atomic mass is 16.5. The van der Waals surface area contributed by atoms with Crippen molar-refractivity contribution < 1.29 is 23.9 Å². The summed E-state index contributed by atoms with van der Waals surface area (Å²) in [5.74, 6) is 1.84. The van der Waals surface area contributed by atoms with Crippen molar-refractivity contribution in [1.29, 1.82) is 0 Å². The van der Waals surface area contributed by atoms with Gasteiger partial charge in [-0.05, 0) is 49.2 Å². The van der Waals surface area contributed by atoms with E-state index in [-0.39, 0.29) is 24.1 Å². The number of ketones is 1. The lowest BCUT2D eigenvalue weighted by atomic mass is 9.82. The lowest BCUT2D eigenvalue weighted by Gasteiger charge is -2.44. The number of nitrogens with zero attached hydrogens (tertiary/aromatic N) is 4. The molecule has 0 atom stereocenters. The fourth-order valence-electron chi connectivity index (χ4n) is 5.92. The molecule has 7 rings (SSSR count). The second-order valence-corrected chi connectivity index (χ2v) is 10.7. The third kappa shape index (κ3) is 4.09. The standard InChI is InChI=1S/C29H28N6O5/c1-39-25-14-18(13-22-20(25)6-9-35(22)19-3-4-19)27(38)34-10-7-29(8-11-34)15-23(37)21-12-17(2-5-24(21)40-29)26-31-28(30-16-36)33-32-26/h2,5-6,9,12-14,16,19H,3-4,7-8,10-11,15H2,1H3,(H2,30,31,32,33,36). The first-order valence-corrected chi connectivity index (χ1v) is 13.4. The Balaban J connectivity index is 1.08. The number of fused-ring (bicyclic) bond motifs is 2. The zero-order valence-corrected chi connectivity index (χ0v) is 22.0. The number of aromatic nitrogens is 4. The van der Waals surface area contributed by atoms with Gasteiger partial charge < -0.3 is 23.9 Å². The van der Waals surface area contributed by atoms with E-state index in [1.807, 2.05) is 17.0 Å². The van der Waals surface area contributed by atoms with Crippen molar-refractivity contribution in [3.8, 4) is 22.9 Å². The van der Waals surface area contributed by atoms with Crippen LogP contribution in [0.4, 0.5) is 5.95 Å². The van der Waals surface area contributed by atoms with E-state index >= 15 is 0 Å². The predicted octanol–water partition coefficient (Wildman–Crippen LogP) is 3.98. The van der Waals surface area contributed by atoms with Crippen molar-refractivity contribution in [2.75, 3.05) is 25.5 Å². The van der Waals surface area contributed by atoms with Crippen LogP contribution in [0.25, 0.3) is 22.3 Å². The van der Waals surface area contributed by atoms with E-state index in [9.17, 15) is 14.4 Å². The van der Waals surface area contributed by atoms with Crippen molar-refractivity contribution >= 4 is 35.0 Å². The highest BCUT2D eigenvalue weighted by Gasteiger charge is 2.44. The Kier molecular flexibility index (Phi) is 5.62. The Hall–Kier alpha value is -4.67. The zero-order chi connectivity index (χ0) is 27.4. The summed E-state index contributed by atoms with van der Waals surface area (Å²) in [4.78, 5) is 42.3. The molecule has 11 nitrogen and oxygen atoms in total. The number of hydrogen-bond donors (Lipinski definition) is 2. The number of nitrogens with one attached hydrogen (secondary N) is 2. The number of H-pyrrole nitrogens is 1. The predicted molar refractivity (Wildman–Crippen MR) is 146 cm³/mol. The number of piperidine rings is 1. The number of rotatable bonds is 6. The molecule has 0 unspecified atom stereocenters. The van der Waals surface area contributed by atoms with Crippen LogP contribution in [0.3, 0.4) is 0 Å². The minimum atomic E-state index is -0.641. The maximum absolute atomic E-state index is 13.6. The van der Waals surface area contributed by atoms with Gasteiger partial charge in [0.05, 0.1) is 24.6 Å². The van der Waals surface area contributed by atoms with Crippen molar-refractivity contribution in [3.63, 3.8) is 0 Å². The monoisotopic (exact) mass is 540 g/mol. The number of methoxy groups -OCH3 is 1. The molecule has 2 N–H and O–H groups in total. The molecule has 40 heavy (non-hydrogen) atoms. The van der Waals surface area contributed by atoms with Crippen LogP contribution in [0.5, 0.6) is 11.5 Å². The zero-order valence-electron chi connectivity index (χ0n) is 22.0. The Morgan fingerprint density at radius 2 is 2.00 bits per heavy atom. The molecule has 2 amide bonds. The first-order valence-electron chi connectivity index (χ1n) is 13.4. The SMILES string of the molecule is COc1cc(C(=O)N2CCC3(CC2)CC(=O)c2cc(-c4nnc(NC=O)[nH]4)ccc2O3)cc2c1ccn2C1CC1. The number of likely N-dealkylation sites (tertiary alicyclic amines) is 1. The van der Waals surface area contributed by atoms with E-state index in [1.165, 1.54) is 0 Å². The van der Waals surface area contributed by atoms with Crippen LogP contribution < -0.4 is 14.8 Å². The summed E-state index contributed by atoms with van der Waals surface area (Å²) >= 11 is 0.